The molecule has 3 amide bonds. The summed E-state index contributed by atoms with van der Waals surface area (Å²) in [6, 6.07) is 5.52. The number of likely N-dealkylation sites (N-methyl/N-ethyl adjacent to an activating group) is 1. The van der Waals surface area contributed by atoms with Crippen molar-refractivity contribution in [3.05, 3.63) is 24.3 Å². The van der Waals surface area contributed by atoms with Crippen LogP contribution in [-0.2, 0) is 14.4 Å². The molecule has 1 aromatic carbocycles. The minimum absolute atomic E-state index is 0.162. The van der Waals surface area contributed by atoms with Gasteiger partial charge in [-0.15, -0.1) is 0 Å². The van der Waals surface area contributed by atoms with E-state index in [0.29, 0.717) is 17.9 Å². The molecule has 3 N–H and O–H groups in total. The molecule has 0 heterocycles. The van der Waals surface area contributed by atoms with Crippen molar-refractivity contribution in [1.29, 1.82) is 0 Å². The molecule has 150 valence electrons. The summed E-state index contributed by atoms with van der Waals surface area (Å²) in [7, 11) is 0. The number of hydrogen-bond acceptors (Lipinski definition) is 4. The number of anilines is 2. The highest BCUT2D eigenvalue weighted by Crippen LogP contribution is 2.14. The van der Waals surface area contributed by atoms with E-state index in [0.717, 1.165) is 0 Å². The Bertz CT molecular complexity index is 662. The number of alkyl halides is 3. The second-order valence-corrected chi connectivity index (χ2v) is 5.88. The Labute approximate surface area is 155 Å². The summed E-state index contributed by atoms with van der Waals surface area (Å²) < 4.78 is 36.6. The van der Waals surface area contributed by atoms with Crippen LogP contribution in [0.25, 0.3) is 0 Å². The monoisotopic (exact) mass is 388 g/mol. The fourth-order valence-corrected chi connectivity index (χ4v) is 2.25. The summed E-state index contributed by atoms with van der Waals surface area (Å²) in [6.45, 7) is 3.23. The molecule has 10 heteroatoms. The number of amides is 3. The Morgan fingerprint density at radius 3 is 2.04 bits per heavy atom. The van der Waals surface area contributed by atoms with Gasteiger partial charge in [0.25, 0.3) is 0 Å². The van der Waals surface area contributed by atoms with Crippen molar-refractivity contribution in [3.63, 3.8) is 0 Å². The van der Waals surface area contributed by atoms with Gasteiger partial charge in [0.1, 0.15) is 6.54 Å². The molecular weight excluding hydrogens is 365 g/mol. The lowest BCUT2D eigenvalue weighted by Gasteiger charge is -2.26. The smallest absolute Gasteiger partial charge is 0.346 e. The van der Waals surface area contributed by atoms with Crippen molar-refractivity contribution >= 4 is 29.1 Å². The van der Waals surface area contributed by atoms with E-state index in [4.69, 9.17) is 0 Å². The van der Waals surface area contributed by atoms with Gasteiger partial charge in [-0.1, -0.05) is 6.92 Å². The van der Waals surface area contributed by atoms with Crippen LogP contribution < -0.4 is 16.0 Å². The highest BCUT2D eigenvalue weighted by Gasteiger charge is 2.30. The van der Waals surface area contributed by atoms with E-state index in [1.807, 2.05) is 5.32 Å². The molecule has 0 aromatic heterocycles. The lowest BCUT2D eigenvalue weighted by Crippen LogP contribution is -2.49. The van der Waals surface area contributed by atoms with Gasteiger partial charge in [0.05, 0.1) is 12.6 Å². The Balaban J connectivity index is 2.59. The highest BCUT2D eigenvalue weighted by atomic mass is 19.4. The summed E-state index contributed by atoms with van der Waals surface area (Å²) in [5.74, 6) is -1.44. The number of benzene rings is 1. The number of carbonyl (C=O) groups excluding carboxylic acids is 3. The summed E-state index contributed by atoms with van der Waals surface area (Å²) >= 11 is 0. The van der Waals surface area contributed by atoms with Crippen LogP contribution in [0.2, 0.25) is 0 Å². The van der Waals surface area contributed by atoms with Crippen molar-refractivity contribution in [2.75, 3.05) is 30.3 Å². The number of nitrogens with one attached hydrogen (secondary N) is 3. The number of halogens is 3. The highest BCUT2D eigenvalue weighted by molar-refractivity contribution is 5.93. The zero-order chi connectivity index (χ0) is 20.6. The van der Waals surface area contributed by atoms with Crippen molar-refractivity contribution in [2.24, 2.45) is 0 Å². The molecule has 0 aliphatic rings. The molecule has 1 aromatic rings. The zero-order valence-corrected chi connectivity index (χ0v) is 15.3. The van der Waals surface area contributed by atoms with Crippen LogP contribution in [0.3, 0.4) is 0 Å². The third-order valence-electron chi connectivity index (χ3n) is 3.63. The zero-order valence-electron chi connectivity index (χ0n) is 15.3. The normalized spacial score (nSPS) is 12.4. The second-order valence-electron chi connectivity index (χ2n) is 5.88. The molecule has 0 bridgehead atoms. The van der Waals surface area contributed by atoms with Gasteiger partial charge >= 0.3 is 6.18 Å². The predicted octanol–water partition coefficient (Wildman–Crippen LogP) is 1.97. The Morgan fingerprint density at radius 1 is 1.07 bits per heavy atom. The standard InChI is InChI=1S/C17H23F3N4O3/c1-4-24(11(2)16(27)21-10-17(18,19)20)9-15(26)23-14-7-5-13(6-8-14)22-12(3)25/h5-8,11H,4,9-10H2,1-3H3,(H,21,27)(H,22,25)(H,23,26). The fourth-order valence-electron chi connectivity index (χ4n) is 2.25. The van der Waals surface area contributed by atoms with Gasteiger partial charge in [0.2, 0.25) is 17.7 Å². The van der Waals surface area contributed by atoms with Crippen LogP contribution in [0, 0.1) is 0 Å². The van der Waals surface area contributed by atoms with Crippen molar-refractivity contribution in [1.82, 2.24) is 10.2 Å². The average Bonchev–Trinajstić information content (AvgIpc) is 2.57. The van der Waals surface area contributed by atoms with Gasteiger partial charge < -0.3 is 16.0 Å². The van der Waals surface area contributed by atoms with E-state index >= 15 is 0 Å². The maximum Gasteiger partial charge on any atom is 0.405 e. The maximum atomic E-state index is 12.2. The van der Waals surface area contributed by atoms with E-state index in [2.05, 4.69) is 10.6 Å². The average molecular weight is 388 g/mol. The van der Waals surface area contributed by atoms with E-state index in [1.165, 1.54) is 18.7 Å². The Hall–Kier alpha value is -2.62. The first kappa shape index (κ1) is 22.4. The van der Waals surface area contributed by atoms with Gasteiger partial charge in [-0.2, -0.15) is 13.2 Å². The SMILES string of the molecule is CCN(CC(=O)Nc1ccc(NC(C)=O)cc1)C(C)C(=O)NCC(F)(F)F. The van der Waals surface area contributed by atoms with E-state index < -0.39 is 30.6 Å². The largest absolute Gasteiger partial charge is 0.405 e. The first-order chi connectivity index (χ1) is 12.5. The Kier molecular flexibility index (Phi) is 8.23. The van der Waals surface area contributed by atoms with E-state index in [-0.39, 0.29) is 12.5 Å². The lowest BCUT2D eigenvalue weighted by atomic mass is 10.2. The molecule has 0 aliphatic heterocycles. The molecule has 7 nitrogen and oxygen atoms in total. The quantitative estimate of drug-likeness (QED) is 0.635. The van der Waals surface area contributed by atoms with Gasteiger partial charge in [0.15, 0.2) is 0 Å². The number of carbonyl (C=O) groups is 3. The predicted molar refractivity (Wildman–Crippen MR) is 95.1 cm³/mol. The summed E-state index contributed by atoms with van der Waals surface area (Å²) in [6.07, 6.45) is -4.49. The molecule has 1 atom stereocenters. The van der Waals surface area contributed by atoms with Crippen LogP contribution in [0.5, 0.6) is 0 Å². The third-order valence-corrected chi connectivity index (χ3v) is 3.63. The number of nitrogens with zero attached hydrogens (tertiary/aromatic N) is 1. The van der Waals surface area contributed by atoms with Crippen molar-refractivity contribution in [2.45, 2.75) is 33.0 Å². The summed E-state index contributed by atoms with van der Waals surface area (Å²) in [5.41, 5.74) is 1.06. The van der Waals surface area contributed by atoms with E-state index in [9.17, 15) is 27.6 Å². The fraction of sp³-hybridized carbons (Fsp3) is 0.471. The molecule has 0 aliphatic carbocycles. The van der Waals surface area contributed by atoms with Crippen LogP contribution in [0.4, 0.5) is 24.5 Å². The maximum absolute atomic E-state index is 12.2. The first-order valence-corrected chi connectivity index (χ1v) is 8.28. The van der Waals surface area contributed by atoms with Gasteiger partial charge in [-0.05, 0) is 37.7 Å². The van der Waals surface area contributed by atoms with Gasteiger partial charge in [0, 0.05) is 18.3 Å². The van der Waals surface area contributed by atoms with Crippen LogP contribution in [0.1, 0.15) is 20.8 Å². The molecule has 0 radical (unpaired) electrons. The molecule has 1 unspecified atom stereocenters. The molecule has 0 fully saturated rings. The topological polar surface area (TPSA) is 90.5 Å². The van der Waals surface area contributed by atoms with Crippen molar-refractivity contribution in [3.8, 4) is 0 Å². The Morgan fingerprint density at radius 2 is 1.59 bits per heavy atom. The number of rotatable bonds is 8. The van der Waals surface area contributed by atoms with Crippen LogP contribution in [0.15, 0.2) is 24.3 Å². The molecule has 27 heavy (non-hydrogen) atoms. The van der Waals surface area contributed by atoms with Crippen molar-refractivity contribution < 1.29 is 27.6 Å². The first-order valence-electron chi connectivity index (χ1n) is 8.28. The minimum atomic E-state index is -4.49. The summed E-state index contributed by atoms with van der Waals surface area (Å²) in [4.78, 5) is 36.4. The van der Waals surface area contributed by atoms with Crippen LogP contribution >= 0.6 is 0 Å². The number of hydrogen-bond donors (Lipinski definition) is 3. The molecule has 1 rings (SSSR count). The molecule has 0 spiro atoms. The molecule has 0 saturated carbocycles. The van der Waals surface area contributed by atoms with Gasteiger partial charge in [-0.3, -0.25) is 19.3 Å². The minimum Gasteiger partial charge on any atom is -0.346 e. The summed E-state index contributed by atoms with van der Waals surface area (Å²) in [5, 5.41) is 7.03. The molecular formula is C17H23F3N4O3. The molecule has 0 saturated heterocycles. The van der Waals surface area contributed by atoms with Gasteiger partial charge in [-0.25, -0.2) is 0 Å². The second kappa shape index (κ2) is 9.91. The third kappa shape index (κ3) is 8.54. The van der Waals surface area contributed by atoms with E-state index in [1.54, 1.807) is 31.2 Å². The van der Waals surface area contributed by atoms with Crippen LogP contribution in [-0.4, -0.2) is 54.5 Å². The lowest BCUT2D eigenvalue weighted by molar-refractivity contribution is -0.141.